The van der Waals surface area contributed by atoms with Gasteiger partial charge < -0.3 is 10.6 Å². The summed E-state index contributed by atoms with van der Waals surface area (Å²) in [4.78, 5) is 25.2. The van der Waals surface area contributed by atoms with Crippen LogP contribution in [0.2, 0.25) is 0 Å². The van der Waals surface area contributed by atoms with Crippen molar-refractivity contribution in [1.29, 1.82) is 0 Å². The highest BCUT2D eigenvalue weighted by atomic mass is 32.1. The molecule has 0 radical (unpaired) electrons. The largest absolute Gasteiger partial charge is 0.349 e. The number of hydrogen-bond acceptors (Lipinski definition) is 3. The van der Waals surface area contributed by atoms with E-state index in [4.69, 9.17) is 0 Å². The number of anilines is 1. The van der Waals surface area contributed by atoms with Crippen molar-refractivity contribution in [2.45, 2.75) is 19.4 Å². The number of carbonyl (C=O) groups excluding carboxylic acids is 2. The van der Waals surface area contributed by atoms with E-state index in [0.717, 1.165) is 0 Å². The first-order chi connectivity index (χ1) is 13.0. The Bertz CT molecular complexity index is 941. The molecule has 2 N–H and O–H groups in total. The van der Waals surface area contributed by atoms with E-state index in [1.807, 2.05) is 12.3 Å². The van der Waals surface area contributed by atoms with Gasteiger partial charge in [-0.2, -0.15) is 0 Å². The predicted octanol–water partition coefficient (Wildman–Crippen LogP) is 4.50. The lowest BCUT2D eigenvalue weighted by molar-refractivity contribution is 0.0938. The third-order valence-electron chi connectivity index (χ3n) is 3.99. The number of benzene rings is 2. The van der Waals surface area contributed by atoms with Gasteiger partial charge in [0, 0.05) is 17.3 Å². The van der Waals surface area contributed by atoms with Crippen LogP contribution in [0.1, 0.15) is 32.5 Å². The number of hydrogen-bond donors (Lipinski definition) is 2. The Morgan fingerprint density at radius 3 is 2.59 bits per heavy atom. The number of amides is 2. The molecular formula is C21H19FN2O2S. The molecule has 0 fully saturated rings. The van der Waals surface area contributed by atoms with Crippen molar-refractivity contribution < 1.29 is 14.0 Å². The van der Waals surface area contributed by atoms with E-state index in [1.54, 1.807) is 54.6 Å². The molecule has 2 aromatic carbocycles. The van der Waals surface area contributed by atoms with Crippen LogP contribution in [0.4, 0.5) is 10.1 Å². The number of rotatable bonds is 6. The molecule has 4 nitrogen and oxygen atoms in total. The molecule has 0 saturated heterocycles. The van der Waals surface area contributed by atoms with Gasteiger partial charge in [-0.3, -0.25) is 9.59 Å². The second-order valence-corrected chi connectivity index (χ2v) is 7.13. The van der Waals surface area contributed by atoms with Crippen LogP contribution in [-0.4, -0.2) is 17.9 Å². The van der Waals surface area contributed by atoms with Gasteiger partial charge in [0.15, 0.2) is 0 Å². The maximum Gasteiger partial charge on any atom is 0.265 e. The van der Waals surface area contributed by atoms with Gasteiger partial charge in [0.2, 0.25) is 0 Å². The average molecular weight is 382 g/mol. The van der Waals surface area contributed by atoms with Crippen LogP contribution in [0.15, 0.2) is 66.0 Å². The lowest BCUT2D eigenvalue weighted by Gasteiger charge is -2.15. The standard InChI is InChI=1S/C21H19FN2O2S/c1-14(12-15-6-2-3-9-18(15)22)23-20(25)16-7-4-8-17(13-16)24-21(26)19-10-5-11-27-19/h2-11,13-14H,12H2,1H3,(H,23,25)(H,24,26). The Kier molecular flexibility index (Phi) is 5.98. The van der Waals surface area contributed by atoms with Gasteiger partial charge in [-0.15, -0.1) is 11.3 Å². The van der Waals surface area contributed by atoms with E-state index in [1.165, 1.54) is 17.4 Å². The Morgan fingerprint density at radius 2 is 1.85 bits per heavy atom. The minimum Gasteiger partial charge on any atom is -0.349 e. The quantitative estimate of drug-likeness (QED) is 0.659. The molecule has 3 rings (SSSR count). The summed E-state index contributed by atoms with van der Waals surface area (Å²) in [5.41, 5.74) is 1.53. The van der Waals surface area contributed by atoms with E-state index < -0.39 is 0 Å². The molecule has 138 valence electrons. The normalized spacial score (nSPS) is 11.6. The van der Waals surface area contributed by atoms with Crippen LogP contribution >= 0.6 is 11.3 Å². The average Bonchev–Trinajstić information content (AvgIpc) is 3.19. The summed E-state index contributed by atoms with van der Waals surface area (Å²) < 4.78 is 13.7. The summed E-state index contributed by atoms with van der Waals surface area (Å²) in [5.74, 6) is -0.765. The summed E-state index contributed by atoms with van der Waals surface area (Å²) in [5, 5.41) is 7.47. The first-order valence-electron chi connectivity index (χ1n) is 8.52. The number of thiophene rings is 1. The number of nitrogens with one attached hydrogen (secondary N) is 2. The molecule has 0 spiro atoms. The van der Waals surface area contributed by atoms with E-state index >= 15 is 0 Å². The summed E-state index contributed by atoms with van der Waals surface area (Å²) in [6.07, 6.45) is 0.396. The zero-order valence-electron chi connectivity index (χ0n) is 14.7. The van der Waals surface area contributed by atoms with Crippen molar-refractivity contribution in [3.8, 4) is 0 Å². The highest BCUT2D eigenvalue weighted by Crippen LogP contribution is 2.15. The molecule has 0 aliphatic carbocycles. The van der Waals surface area contributed by atoms with Gasteiger partial charge in [0.25, 0.3) is 11.8 Å². The van der Waals surface area contributed by atoms with Gasteiger partial charge in [-0.1, -0.05) is 30.3 Å². The van der Waals surface area contributed by atoms with Crippen LogP contribution in [0.3, 0.4) is 0 Å². The van der Waals surface area contributed by atoms with E-state index in [-0.39, 0.29) is 23.7 Å². The van der Waals surface area contributed by atoms with E-state index in [2.05, 4.69) is 10.6 Å². The van der Waals surface area contributed by atoms with Crippen molar-refractivity contribution in [1.82, 2.24) is 5.32 Å². The van der Waals surface area contributed by atoms with Crippen molar-refractivity contribution in [2.24, 2.45) is 0 Å². The molecular weight excluding hydrogens is 363 g/mol. The third kappa shape index (κ3) is 5.01. The maximum absolute atomic E-state index is 13.7. The van der Waals surface area contributed by atoms with Crippen LogP contribution in [0, 0.1) is 5.82 Å². The minimum atomic E-state index is -0.281. The third-order valence-corrected chi connectivity index (χ3v) is 4.86. The van der Waals surface area contributed by atoms with Crippen molar-refractivity contribution in [3.63, 3.8) is 0 Å². The minimum absolute atomic E-state index is 0.213. The predicted molar refractivity (Wildman–Crippen MR) is 106 cm³/mol. The van der Waals surface area contributed by atoms with Gasteiger partial charge >= 0.3 is 0 Å². The van der Waals surface area contributed by atoms with Crippen molar-refractivity contribution in [2.75, 3.05) is 5.32 Å². The highest BCUT2D eigenvalue weighted by molar-refractivity contribution is 7.12. The van der Waals surface area contributed by atoms with Crippen LogP contribution in [0.25, 0.3) is 0 Å². The van der Waals surface area contributed by atoms with Crippen LogP contribution in [-0.2, 0) is 6.42 Å². The van der Waals surface area contributed by atoms with E-state index in [0.29, 0.717) is 28.1 Å². The van der Waals surface area contributed by atoms with Gasteiger partial charge in [0.05, 0.1) is 4.88 Å². The van der Waals surface area contributed by atoms with Gasteiger partial charge in [-0.05, 0) is 54.6 Å². The Balaban J connectivity index is 1.63. The maximum atomic E-state index is 13.7. The molecule has 1 heterocycles. The molecule has 6 heteroatoms. The molecule has 0 bridgehead atoms. The number of halogens is 1. The zero-order chi connectivity index (χ0) is 19.2. The fraction of sp³-hybridized carbons (Fsp3) is 0.143. The Hall–Kier alpha value is -2.99. The molecule has 0 aliphatic heterocycles. The molecule has 3 aromatic rings. The summed E-state index contributed by atoms with van der Waals surface area (Å²) >= 11 is 1.35. The van der Waals surface area contributed by atoms with Crippen molar-refractivity contribution in [3.05, 3.63) is 87.9 Å². The molecule has 1 unspecified atom stereocenters. The Morgan fingerprint density at radius 1 is 1.04 bits per heavy atom. The summed E-state index contributed by atoms with van der Waals surface area (Å²) in [7, 11) is 0. The first-order valence-corrected chi connectivity index (χ1v) is 9.40. The summed E-state index contributed by atoms with van der Waals surface area (Å²) in [6, 6.07) is 16.6. The Labute approximate surface area is 161 Å². The number of carbonyl (C=O) groups is 2. The van der Waals surface area contributed by atoms with Crippen LogP contribution in [0.5, 0.6) is 0 Å². The highest BCUT2D eigenvalue weighted by Gasteiger charge is 2.13. The molecule has 27 heavy (non-hydrogen) atoms. The molecule has 2 amide bonds. The summed E-state index contributed by atoms with van der Waals surface area (Å²) in [6.45, 7) is 1.83. The van der Waals surface area contributed by atoms with Crippen molar-refractivity contribution >= 4 is 28.8 Å². The second kappa shape index (κ2) is 8.60. The second-order valence-electron chi connectivity index (χ2n) is 6.18. The molecule has 1 aromatic heterocycles. The fourth-order valence-electron chi connectivity index (χ4n) is 2.69. The monoisotopic (exact) mass is 382 g/mol. The van der Waals surface area contributed by atoms with Gasteiger partial charge in [-0.25, -0.2) is 4.39 Å². The zero-order valence-corrected chi connectivity index (χ0v) is 15.6. The lowest BCUT2D eigenvalue weighted by atomic mass is 10.1. The van der Waals surface area contributed by atoms with Gasteiger partial charge in [0.1, 0.15) is 5.82 Å². The van der Waals surface area contributed by atoms with E-state index in [9.17, 15) is 14.0 Å². The topological polar surface area (TPSA) is 58.2 Å². The smallest absolute Gasteiger partial charge is 0.265 e. The fourth-order valence-corrected chi connectivity index (χ4v) is 3.31. The first kappa shape index (κ1) is 18.8. The SMILES string of the molecule is CC(Cc1ccccc1F)NC(=O)c1cccc(NC(=O)c2cccs2)c1. The lowest BCUT2D eigenvalue weighted by Crippen LogP contribution is -2.34. The molecule has 0 aliphatic rings. The van der Waals surface area contributed by atoms with Crippen LogP contribution < -0.4 is 10.6 Å². The molecule has 0 saturated carbocycles. The molecule has 1 atom stereocenters.